The van der Waals surface area contributed by atoms with E-state index in [1.807, 2.05) is 31.5 Å². The Hall–Kier alpha value is -1.69. The van der Waals surface area contributed by atoms with Crippen molar-refractivity contribution in [3.05, 3.63) is 53.7 Å². The van der Waals surface area contributed by atoms with E-state index in [9.17, 15) is 0 Å². The number of pyridine rings is 1. The fraction of sp³-hybridized carbons (Fsp3) is 0.550. The van der Waals surface area contributed by atoms with E-state index in [-0.39, 0.29) is 0 Å². The molecule has 0 radical (unpaired) electrons. The molecule has 0 aliphatic carbocycles. The van der Waals surface area contributed by atoms with Gasteiger partial charge in [0.15, 0.2) is 0 Å². The molecule has 2 aliphatic heterocycles. The topological polar surface area (TPSA) is 41.7 Å². The Bertz CT molecular complexity index is 673. The number of aryl methyl sites for hydroxylation is 1. The van der Waals surface area contributed by atoms with Crippen LogP contribution in [0.2, 0.25) is 0 Å². The zero-order chi connectivity index (χ0) is 17.1. The molecule has 4 heterocycles. The molecular formula is C20H27N3O2. The van der Waals surface area contributed by atoms with E-state index in [1.165, 1.54) is 12.0 Å². The van der Waals surface area contributed by atoms with Gasteiger partial charge in [0.1, 0.15) is 11.5 Å². The zero-order valence-electron chi connectivity index (χ0n) is 14.9. The third-order valence-electron chi connectivity index (χ3n) is 5.32. The molecule has 0 spiro atoms. The standard InChI is InChI=1S/C20H27N3O2/c1-16-4-5-19(25-16)14-22-8-6-18-13-23(9-10-24-20(18)15-22)12-17-3-2-7-21-11-17/h2-5,7,11,18,20H,6,8-10,12-15H2,1H3. The van der Waals surface area contributed by atoms with Crippen molar-refractivity contribution in [1.29, 1.82) is 0 Å². The first-order chi connectivity index (χ1) is 12.3. The van der Waals surface area contributed by atoms with Crippen LogP contribution in [-0.4, -0.2) is 53.7 Å². The van der Waals surface area contributed by atoms with Crippen LogP contribution in [0.3, 0.4) is 0 Å². The Morgan fingerprint density at radius 2 is 2.04 bits per heavy atom. The third-order valence-corrected chi connectivity index (χ3v) is 5.32. The highest BCUT2D eigenvalue weighted by atomic mass is 16.5. The third kappa shape index (κ3) is 4.29. The summed E-state index contributed by atoms with van der Waals surface area (Å²) >= 11 is 0. The van der Waals surface area contributed by atoms with Crippen molar-refractivity contribution in [2.45, 2.75) is 32.5 Å². The van der Waals surface area contributed by atoms with Crippen molar-refractivity contribution in [1.82, 2.24) is 14.8 Å². The molecule has 5 heteroatoms. The molecule has 0 aromatic carbocycles. The molecular weight excluding hydrogens is 314 g/mol. The van der Waals surface area contributed by atoms with E-state index in [4.69, 9.17) is 9.15 Å². The molecule has 2 aromatic rings. The minimum Gasteiger partial charge on any atom is -0.465 e. The average molecular weight is 341 g/mol. The van der Waals surface area contributed by atoms with E-state index in [1.54, 1.807) is 0 Å². The van der Waals surface area contributed by atoms with Crippen LogP contribution in [0.1, 0.15) is 23.5 Å². The molecule has 25 heavy (non-hydrogen) atoms. The number of rotatable bonds is 4. The van der Waals surface area contributed by atoms with Gasteiger partial charge in [0, 0.05) is 44.5 Å². The molecule has 2 fully saturated rings. The van der Waals surface area contributed by atoms with Crippen LogP contribution in [0.15, 0.2) is 41.1 Å². The lowest BCUT2D eigenvalue weighted by molar-refractivity contribution is -0.0256. The summed E-state index contributed by atoms with van der Waals surface area (Å²) in [6.45, 7) is 8.91. The van der Waals surface area contributed by atoms with Gasteiger partial charge >= 0.3 is 0 Å². The van der Waals surface area contributed by atoms with Crippen LogP contribution in [0.4, 0.5) is 0 Å². The summed E-state index contributed by atoms with van der Waals surface area (Å²) in [7, 11) is 0. The fourth-order valence-corrected chi connectivity index (χ4v) is 4.01. The van der Waals surface area contributed by atoms with E-state index >= 15 is 0 Å². The van der Waals surface area contributed by atoms with Gasteiger partial charge < -0.3 is 9.15 Å². The largest absolute Gasteiger partial charge is 0.465 e. The van der Waals surface area contributed by atoms with Crippen molar-refractivity contribution in [3.63, 3.8) is 0 Å². The minimum atomic E-state index is 0.337. The maximum atomic E-state index is 6.22. The molecule has 0 N–H and O–H groups in total. The van der Waals surface area contributed by atoms with Crippen LogP contribution in [0, 0.1) is 12.8 Å². The smallest absolute Gasteiger partial charge is 0.118 e. The summed E-state index contributed by atoms with van der Waals surface area (Å²) in [5, 5.41) is 0. The lowest BCUT2D eigenvalue weighted by atomic mass is 9.93. The Balaban J connectivity index is 1.34. The van der Waals surface area contributed by atoms with Crippen LogP contribution in [-0.2, 0) is 17.8 Å². The first-order valence-corrected chi connectivity index (χ1v) is 9.27. The van der Waals surface area contributed by atoms with Crippen LogP contribution < -0.4 is 0 Å². The van der Waals surface area contributed by atoms with Crippen molar-refractivity contribution in [3.8, 4) is 0 Å². The van der Waals surface area contributed by atoms with Gasteiger partial charge in [-0.2, -0.15) is 0 Å². The highest BCUT2D eigenvalue weighted by molar-refractivity contribution is 5.08. The van der Waals surface area contributed by atoms with E-state index in [2.05, 4.69) is 26.9 Å². The summed E-state index contributed by atoms with van der Waals surface area (Å²) in [6.07, 6.45) is 5.33. The number of hydrogen-bond donors (Lipinski definition) is 0. The molecule has 2 saturated heterocycles. The molecule has 0 saturated carbocycles. The molecule has 2 aliphatic rings. The van der Waals surface area contributed by atoms with Crippen molar-refractivity contribution >= 4 is 0 Å². The maximum Gasteiger partial charge on any atom is 0.118 e. The van der Waals surface area contributed by atoms with Gasteiger partial charge in [0.2, 0.25) is 0 Å². The molecule has 134 valence electrons. The molecule has 5 nitrogen and oxygen atoms in total. The Morgan fingerprint density at radius 3 is 2.84 bits per heavy atom. The number of piperidine rings is 1. The predicted octanol–water partition coefficient (Wildman–Crippen LogP) is 2.71. The summed E-state index contributed by atoms with van der Waals surface area (Å²) in [5.41, 5.74) is 1.28. The highest BCUT2D eigenvalue weighted by Crippen LogP contribution is 2.26. The highest BCUT2D eigenvalue weighted by Gasteiger charge is 2.33. The number of fused-ring (bicyclic) bond motifs is 1. The molecule has 2 atom stereocenters. The number of likely N-dealkylation sites (tertiary alicyclic amines) is 1. The monoisotopic (exact) mass is 341 g/mol. The number of ether oxygens (including phenoxy) is 1. The number of aromatic nitrogens is 1. The summed E-state index contributed by atoms with van der Waals surface area (Å²) < 4.78 is 12.0. The van der Waals surface area contributed by atoms with Gasteiger partial charge in [-0.1, -0.05) is 6.07 Å². The number of nitrogens with zero attached hydrogens (tertiary/aromatic N) is 3. The van der Waals surface area contributed by atoms with Gasteiger partial charge in [0.25, 0.3) is 0 Å². The Kier molecular flexibility index (Phi) is 5.15. The second-order valence-corrected chi connectivity index (χ2v) is 7.30. The SMILES string of the molecule is Cc1ccc(CN2CCC3CN(Cc4cccnc4)CCOC3C2)o1. The summed E-state index contributed by atoms with van der Waals surface area (Å²) in [6, 6.07) is 8.30. The number of hydrogen-bond acceptors (Lipinski definition) is 5. The van der Waals surface area contributed by atoms with Crippen LogP contribution in [0.25, 0.3) is 0 Å². The van der Waals surface area contributed by atoms with E-state index in [0.29, 0.717) is 12.0 Å². The summed E-state index contributed by atoms with van der Waals surface area (Å²) in [4.78, 5) is 9.22. The molecule has 0 bridgehead atoms. The van der Waals surface area contributed by atoms with Gasteiger partial charge in [-0.15, -0.1) is 0 Å². The minimum absolute atomic E-state index is 0.337. The molecule has 4 rings (SSSR count). The first-order valence-electron chi connectivity index (χ1n) is 9.27. The second-order valence-electron chi connectivity index (χ2n) is 7.30. The molecule has 2 unspecified atom stereocenters. The second kappa shape index (κ2) is 7.68. The normalized spacial score (nSPS) is 25.5. The van der Waals surface area contributed by atoms with Gasteiger partial charge in [-0.05, 0) is 43.7 Å². The fourth-order valence-electron chi connectivity index (χ4n) is 4.01. The van der Waals surface area contributed by atoms with Gasteiger partial charge in [0.05, 0.1) is 19.3 Å². The van der Waals surface area contributed by atoms with Crippen molar-refractivity contribution in [2.75, 3.05) is 32.8 Å². The van der Waals surface area contributed by atoms with Crippen LogP contribution >= 0.6 is 0 Å². The average Bonchev–Trinajstić information content (AvgIpc) is 2.91. The lowest BCUT2D eigenvalue weighted by Gasteiger charge is -2.37. The Morgan fingerprint density at radius 1 is 1.12 bits per heavy atom. The van der Waals surface area contributed by atoms with Crippen LogP contribution in [0.5, 0.6) is 0 Å². The molecule has 0 amide bonds. The van der Waals surface area contributed by atoms with Crippen molar-refractivity contribution < 1.29 is 9.15 Å². The summed E-state index contributed by atoms with van der Waals surface area (Å²) in [5.74, 6) is 2.66. The van der Waals surface area contributed by atoms with Gasteiger partial charge in [-0.25, -0.2) is 0 Å². The van der Waals surface area contributed by atoms with Crippen molar-refractivity contribution in [2.24, 2.45) is 5.92 Å². The van der Waals surface area contributed by atoms with E-state index in [0.717, 1.165) is 57.4 Å². The first kappa shape index (κ1) is 16.8. The van der Waals surface area contributed by atoms with Gasteiger partial charge in [-0.3, -0.25) is 14.8 Å². The zero-order valence-corrected chi connectivity index (χ0v) is 14.9. The van der Waals surface area contributed by atoms with E-state index < -0.39 is 0 Å². The Labute approximate surface area is 149 Å². The predicted molar refractivity (Wildman–Crippen MR) is 96.1 cm³/mol. The lowest BCUT2D eigenvalue weighted by Crippen LogP contribution is -2.46. The number of furan rings is 1. The quantitative estimate of drug-likeness (QED) is 0.855. The molecule has 2 aromatic heterocycles. The maximum absolute atomic E-state index is 6.22.